The molecule has 1 N–H and O–H groups in total. The van der Waals surface area contributed by atoms with Crippen LogP contribution in [0.3, 0.4) is 0 Å². The van der Waals surface area contributed by atoms with E-state index in [1.165, 1.54) is 6.07 Å². The second-order valence-corrected chi connectivity index (χ2v) is 4.76. The fraction of sp³-hybridized carbons (Fsp3) is 0. The van der Waals surface area contributed by atoms with Gasteiger partial charge in [0.1, 0.15) is 0 Å². The first kappa shape index (κ1) is 13.8. The predicted octanol–water partition coefficient (Wildman–Crippen LogP) is 3.64. The van der Waals surface area contributed by atoms with Gasteiger partial charge in [-0.15, -0.1) is 0 Å². The molecule has 1 aliphatic heterocycles. The van der Waals surface area contributed by atoms with Crippen molar-refractivity contribution < 1.29 is 9.72 Å². The Morgan fingerprint density at radius 2 is 1.77 bits per heavy atom. The largest absolute Gasteiger partial charge is 0.321 e. The normalized spacial score (nSPS) is 15.1. The molecule has 0 saturated carbocycles. The van der Waals surface area contributed by atoms with Crippen molar-refractivity contribution in [3.63, 3.8) is 0 Å². The van der Waals surface area contributed by atoms with Crippen molar-refractivity contribution in [2.75, 3.05) is 5.32 Å². The lowest BCUT2D eigenvalue weighted by molar-refractivity contribution is -0.385. The van der Waals surface area contributed by atoms with Gasteiger partial charge in [-0.1, -0.05) is 36.4 Å². The molecule has 22 heavy (non-hydrogen) atoms. The summed E-state index contributed by atoms with van der Waals surface area (Å²) < 4.78 is 0. The summed E-state index contributed by atoms with van der Waals surface area (Å²) in [6.45, 7) is 0. The number of carbonyl (C=O) groups is 1. The van der Waals surface area contributed by atoms with E-state index in [1.807, 2.05) is 24.3 Å². The van der Waals surface area contributed by atoms with E-state index in [-0.39, 0.29) is 11.6 Å². The number of anilines is 1. The van der Waals surface area contributed by atoms with Crippen LogP contribution in [-0.2, 0) is 4.79 Å². The summed E-state index contributed by atoms with van der Waals surface area (Å²) in [5.74, 6) is -0.173. The van der Waals surface area contributed by atoms with Gasteiger partial charge >= 0.3 is 0 Å². The smallest absolute Gasteiger partial charge is 0.276 e. The fourth-order valence-corrected chi connectivity index (χ4v) is 2.35. The number of rotatable bonds is 3. The molecule has 3 rings (SSSR count). The van der Waals surface area contributed by atoms with Crippen molar-refractivity contribution in [2.24, 2.45) is 0 Å². The molecule has 0 bridgehead atoms. The van der Waals surface area contributed by atoms with Crippen LogP contribution in [0.25, 0.3) is 11.6 Å². The number of amides is 1. The van der Waals surface area contributed by atoms with Crippen molar-refractivity contribution in [1.82, 2.24) is 0 Å². The summed E-state index contributed by atoms with van der Waals surface area (Å²) in [4.78, 5) is 22.5. The Kier molecular flexibility index (Phi) is 3.53. The van der Waals surface area contributed by atoms with Crippen molar-refractivity contribution in [1.29, 1.82) is 0 Å². The highest BCUT2D eigenvalue weighted by Crippen LogP contribution is 2.31. The van der Waals surface area contributed by atoms with Crippen LogP contribution in [0.1, 0.15) is 11.1 Å². The Labute approximate surface area is 126 Å². The van der Waals surface area contributed by atoms with E-state index in [0.717, 1.165) is 11.3 Å². The minimum Gasteiger partial charge on any atom is -0.321 e. The number of para-hydroxylation sites is 2. The van der Waals surface area contributed by atoms with Gasteiger partial charge in [0, 0.05) is 22.9 Å². The summed E-state index contributed by atoms with van der Waals surface area (Å²) in [5, 5.41) is 13.7. The molecular formula is C17H12N2O3. The maximum Gasteiger partial charge on any atom is 0.276 e. The van der Waals surface area contributed by atoms with Gasteiger partial charge in [0.25, 0.3) is 11.6 Å². The van der Waals surface area contributed by atoms with Crippen LogP contribution in [0.5, 0.6) is 0 Å². The Balaban J connectivity index is 1.92. The molecule has 0 fully saturated rings. The second-order valence-electron chi connectivity index (χ2n) is 4.76. The van der Waals surface area contributed by atoms with E-state index < -0.39 is 4.92 Å². The molecule has 0 spiro atoms. The highest BCUT2D eigenvalue weighted by Gasteiger charge is 2.22. The lowest BCUT2D eigenvalue weighted by atomic mass is 10.1. The molecule has 0 unspecified atom stereocenters. The third-order valence-electron chi connectivity index (χ3n) is 3.38. The van der Waals surface area contributed by atoms with Gasteiger partial charge in [-0.25, -0.2) is 0 Å². The molecule has 0 aromatic heterocycles. The number of nitro benzene ring substituents is 1. The van der Waals surface area contributed by atoms with E-state index >= 15 is 0 Å². The standard InChI is InChI=1S/C17H12N2O3/c20-17-14(13-8-2-3-10-15(13)18-17)9-5-7-12-6-1-4-11-16(12)19(21)22/h1-11H,(H,18,20)/b7-5+,14-9+. The zero-order valence-electron chi connectivity index (χ0n) is 11.5. The minimum absolute atomic E-state index is 0.0356. The molecule has 5 nitrogen and oxygen atoms in total. The highest BCUT2D eigenvalue weighted by molar-refractivity contribution is 6.31. The molecular weight excluding hydrogens is 280 g/mol. The number of hydrogen-bond donors (Lipinski definition) is 1. The first-order valence-corrected chi connectivity index (χ1v) is 6.69. The summed E-state index contributed by atoms with van der Waals surface area (Å²) in [6.07, 6.45) is 4.94. The van der Waals surface area contributed by atoms with Crippen molar-refractivity contribution >= 4 is 28.9 Å². The molecule has 108 valence electrons. The molecule has 0 atom stereocenters. The molecule has 0 saturated heterocycles. The monoisotopic (exact) mass is 292 g/mol. The summed E-state index contributed by atoms with van der Waals surface area (Å²) in [6, 6.07) is 13.9. The summed E-state index contributed by atoms with van der Waals surface area (Å²) >= 11 is 0. The van der Waals surface area contributed by atoms with E-state index in [0.29, 0.717) is 11.1 Å². The fourth-order valence-electron chi connectivity index (χ4n) is 2.35. The van der Waals surface area contributed by atoms with E-state index in [9.17, 15) is 14.9 Å². The number of fused-ring (bicyclic) bond motifs is 1. The molecule has 2 aromatic carbocycles. The number of benzene rings is 2. The zero-order chi connectivity index (χ0) is 15.5. The molecule has 0 radical (unpaired) electrons. The Morgan fingerprint density at radius 1 is 1.05 bits per heavy atom. The van der Waals surface area contributed by atoms with E-state index in [1.54, 1.807) is 36.4 Å². The quantitative estimate of drug-likeness (QED) is 0.533. The molecule has 5 heteroatoms. The number of nitrogens with zero attached hydrogens (tertiary/aromatic N) is 1. The van der Waals surface area contributed by atoms with Crippen molar-refractivity contribution in [3.8, 4) is 0 Å². The summed E-state index contributed by atoms with van der Waals surface area (Å²) in [5.41, 5.74) is 2.69. The Hall–Kier alpha value is -3.21. The van der Waals surface area contributed by atoms with Gasteiger partial charge in [0.2, 0.25) is 0 Å². The van der Waals surface area contributed by atoms with Gasteiger partial charge in [-0.2, -0.15) is 0 Å². The van der Waals surface area contributed by atoms with E-state index in [2.05, 4.69) is 5.32 Å². The second kappa shape index (κ2) is 5.65. The van der Waals surface area contributed by atoms with Crippen LogP contribution >= 0.6 is 0 Å². The first-order valence-electron chi connectivity index (χ1n) is 6.69. The summed E-state index contributed by atoms with van der Waals surface area (Å²) in [7, 11) is 0. The van der Waals surface area contributed by atoms with Crippen LogP contribution in [0.4, 0.5) is 11.4 Å². The number of nitro groups is 1. The van der Waals surface area contributed by atoms with Crippen LogP contribution in [0, 0.1) is 10.1 Å². The topological polar surface area (TPSA) is 72.2 Å². The van der Waals surface area contributed by atoms with Crippen LogP contribution in [-0.4, -0.2) is 10.8 Å². The Bertz CT molecular complexity index is 822. The zero-order valence-corrected chi connectivity index (χ0v) is 11.5. The average molecular weight is 292 g/mol. The maximum absolute atomic E-state index is 11.9. The van der Waals surface area contributed by atoms with Gasteiger partial charge in [0.15, 0.2) is 0 Å². The van der Waals surface area contributed by atoms with Gasteiger partial charge < -0.3 is 5.32 Å². The SMILES string of the molecule is O=C1Nc2ccccc2/C1=C\C=C\c1ccccc1[N+](=O)[O-]. The third kappa shape index (κ3) is 2.52. The average Bonchev–Trinajstić information content (AvgIpc) is 2.83. The van der Waals surface area contributed by atoms with Crippen molar-refractivity contribution in [3.05, 3.63) is 81.9 Å². The number of nitrogens with one attached hydrogen (secondary N) is 1. The Morgan fingerprint density at radius 3 is 2.59 bits per heavy atom. The van der Waals surface area contributed by atoms with Crippen molar-refractivity contribution in [2.45, 2.75) is 0 Å². The predicted molar refractivity (Wildman–Crippen MR) is 85.2 cm³/mol. The van der Waals surface area contributed by atoms with Crippen LogP contribution in [0.15, 0.2) is 60.7 Å². The lowest BCUT2D eigenvalue weighted by Crippen LogP contribution is -2.03. The van der Waals surface area contributed by atoms with Gasteiger partial charge in [-0.05, 0) is 24.3 Å². The lowest BCUT2D eigenvalue weighted by Gasteiger charge is -1.96. The number of carbonyl (C=O) groups excluding carboxylic acids is 1. The maximum atomic E-state index is 11.9. The molecule has 2 aromatic rings. The number of allylic oxidation sites excluding steroid dienone is 2. The molecule has 1 aliphatic rings. The molecule has 0 aliphatic carbocycles. The molecule has 1 amide bonds. The molecule has 1 heterocycles. The minimum atomic E-state index is -0.426. The third-order valence-corrected chi connectivity index (χ3v) is 3.38. The highest BCUT2D eigenvalue weighted by atomic mass is 16.6. The van der Waals surface area contributed by atoms with E-state index in [4.69, 9.17) is 0 Å². The van der Waals surface area contributed by atoms with Crippen LogP contribution < -0.4 is 5.32 Å². The number of hydrogen-bond acceptors (Lipinski definition) is 3. The van der Waals surface area contributed by atoms with Crippen LogP contribution in [0.2, 0.25) is 0 Å². The first-order chi connectivity index (χ1) is 10.7. The van der Waals surface area contributed by atoms with Gasteiger partial charge in [0.05, 0.1) is 10.5 Å². The van der Waals surface area contributed by atoms with Gasteiger partial charge in [-0.3, -0.25) is 14.9 Å².